The van der Waals surface area contributed by atoms with Gasteiger partial charge in [0.25, 0.3) is 0 Å². The molecule has 0 N–H and O–H groups in total. The zero-order valence-corrected chi connectivity index (χ0v) is 12.3. The molecule has 2 aromatic rings. The van der Waals surface area contributed by atoms with Crippen LogP contribution in [0.15, 0.2) is 53.0 Å². The van der Waals surface area contributed by atoms with Crippen molar-refractivity contribution in [3.63, 3.8) is 0 Å². The number of esters is 1. The van der Waals surface area contributed by atoms with Gasteiger partial charge in [-0.05, 0) is 35.7 Å². The summed E-state index contributed by atoms with van der Waals surface area (Å²) in [4.78, 5) is 11.4. The van der Waals surface area contributed by atoms with E-state index in [1.807, 2.05) is 55.5 Å². The number of hydrogen-bond acceptors (Lipinski definition) is 2. The second-order valence-corrected chi connectivity index (χ2v) is 5.08. The van der Waals surface area contributed by atoms with E-state index in [1.165, 1.54) is 0 Å². The van der Waals surface area contributed by atoms with Crippen molar-refractivity contribution in [3.8, 4) is 16.9 Å². The molecule has 0 heterocycles. The molecule has 3 heteroatoms. The van der Waals surface area contributed by atoms with Gasteiger partial charge in [0.15, 0.2) is 0 Å². The van der Waals surface area contributed by atoms with E-state index >= 15 is 0 Å². The Balaban J connectivity index is 2.15. The molecular formula is C16H15BrO2. The molecule has 2 nitrogen and oxygen atoms in total. The van der Waals surface area contributed by atoms with Crippen LogP contribution in [0, 0.1) is 0 Å². The van der Waals surface area contributed by atoms with Gasteiger partial charge in [0.1, 0.15) is 5.75 Å². The Morgan fingerprint density at radius 3 is 2.42 bits per heavy atom. The molecule has 0 spiro atoms. The predicted octanol–water partition coefficient (Wildman–Crippen LogP) is 4.82. The molecule has 0 atom stereocenters. The minimum atomic E-state index is -0.184. The van der Waals surface area contributed by atoms with E-state index in [9.17, 15) is 4.79 Å². The standard InChI is InChI=1S/C16H15BrO2/c1-2-5-16(18)19-13-10-8-12(9-11-13)14-6-3-4-7-15(14)17/h3-4,6-11H,2,5H2,1H3. The van der Waals surface area contributed by atoms with Gasteiger partial charge in [-0.15, -0.1) is 0 Å². The molecule has 0 saturated carbocycles. The summed E-state index contributed by atoms with van der Waals surface area (Å²) in [5.74, 6) is 0.408. The van der Waals surface area contributed by atoms with Crippen molar-refractivity contribution in [2.75, 3.05) is 0 Å². The second kappa shape index (κ2) is 6.53. The van der Waals surface area contributed by atoms with Crippen LogP contribution in [-0.2, 0) is 4.79 Å². The minimum Gasteiger partial charge on any atom is -0.427 e. The van der Waals surface area contributed by atoms with Crippen molar-refractivity contribution >= 4 is 21.9 Å². The maximum atomic E-state index is 11.4. The Labute approximate surface area is 121 Å². The van der Waals surface area contributed by atoms with Crippen LogP contribution in [0.1, 0.15) is 19.8 Å². The summed E-state index contributed by atoms with van der Waals surface area (Å²) in [5, 5.41) is 0. The number of hydrogen-bond donors (Lipinski definition) is 0. The van der Waals surface area contributed by atoms with Crippen molar-refractivity contribution in [1.82, 2.24) is 0 Å². The number of carbonyl (C=O) groups is 1. The molecule has 0 aliphatic heterocycles. The highest BCUT2D eigenvalue weighted by molar-refractivity contribution is 9.10. The van der Waals surface area contributed by atoms with Crippen LogP contribution in [0.5, 0.6) is 5.75 Å². The lowest BCUT2D eigenvalue weighted by molar-refractivity contribution is -0.134. The molecule has 0 amide bonds. The van der Waals surface area contributed by atoms with Crippen LogP contribution in [0.2, 0.25) is 0 Å². The third-order valence-corrected chi connectivity index (χ3v) is 3.42. The summed E-state index contributed by atoms with van der Waals surface area (Å²) in [6.07, 6.45) is 1.25. The first kappa shape index (κ1) is 13.8. The molecule has 98 valence electrons. The van der Waals surface area contributed by atoms with Crippen molar-refractivity contribution in [1.29, 1.82) is 0 Å². The van der Waals surface area contributed by atoms with Crippen LogP contribution >= 0.6 is 15.9 Å². The van der Waals surface area contributed by atoms with Gasteiger partial charge >= 0.3 is 5.97 Å². The Morgan fingerprint density at radius 1 is 1.11 bits per heavy atom. The van der Waals surface area contributed by atoms with Gasteiger partial charge in [0, 0.05) is 10.9 Å². The average molecular weight is 319 g/mol. The Bertz CT molecular complexity index is 561. The number of halogens is 1. The molecule has 0 fully saturated rings. The molecular weight excluding hydrogens is 304 g/mol. The van der Waals surface area contributed by atoms with Gasteiger partial charge < -0.3 is 4.74 Å². The molecule has 0 bridgehead atoms. The Kier molecular flexibility index (Phi) is 4.74. The van der Waals surface area contributed by atoms with Crippen LogP contribution in [0.3, 0.4) is 0 Å². The van der Waals surface area contributed by atoms with E-state index in [0.717, 1.165) is 22.0 Å². The van der Waals surface area contributed by atoms with Crippen LogP contribution in [0.25, 0.3) is 11.1 Å². The third-order valence-electron chi connectivity index (χ3n) is 2.72. The van der Waals surface area contributed by atoms with E-state index < -0.39 is 0 Å². The topological polar surface area (TPSA) is 26.3 Å². The SMILES string of the molecule is CCCC(=O)Oc1ccc(-c2ccccc2Br)cc1. The van der Waals surface area contributed by atoms with Crippen molar-refractivity contribution in [2.24, 2.45) is 0 Å². The summed E-state index contributed by atoms with van der Waals surface area (Å²) >= 11 is 3.53. The fraction of sp³-hybridized carbons (Fsp3) is 0.188. The number of carbonyl (C=O) groups excluding carboxylic acids is 1. The highest BCUT2D eigenvalue weighted by Crippen LogP contribution is 2.29. The molecule has 0 unspecified atom stereocenters. The number of ether oxygens (including phenoxy) is 1. The van der Waals surface area contributed by atoms with E-state index in [1.54, 1.807) is 0 Å². The van der Waals surface area contributed by atoms with Gasteiger partial charge in [-0.25, -0.2) is 0 Å². The number of benzene rings is 2. The van der Waals surface area contributed by atoms with E-state index in [2.05, 4.69) is 15.9 Å². The predicted molar refractivity (Wildman–Crippen MR) is 80.1 cm³/mol. The largest absolute Gasteiger partial charge is 0.427 e. The van der Waals surface area contributed by atoms with Crippen LogP contribution in [0.4, 0.5) is 0 Å². The van der Waals surface area contributed by atoms with Gasteiger partial charge in [-0.3, -0.25) is 4.79 Å². The zero-order chi connectivity index (χ0) is 13.7. The highest BCUT2D eigenvalue weighted by atomic mass is 79.9. The van der Waals surface area contributed by atoms with Crippen LogP contribution < -0.4 is 4.74 Å². The van der Waals surface area contributed by atoms with E-state index in [0.29, 0.717) is 12.2 Å². The first-order valence-corrected chi connectivity index (χ1v) is 7.05. The summed E-state index contributed by atoms with van der Waals surface area (Å²) in [5.41, 5.74) is 2.21. The molecule has 0 saturated heterocycles. The minimum absolute atomic E-state index is 0.184. The fourth-order valence-electron chi connectivity index (χ4n) is 1.78. The lowest BCUT2D eigenvalue weighted by Gasteiger charge is -2.07. The zero-order valence-electron chi connectivity index (χ0n) is 10.7. The molecule has 19 heavy (non-hydrogen) atoms. The molecule has 2 rings (SSSR count). The first-order chi connectivity index (χ1) is 9.20. The Morgan fingerprint density at radius 2 is 1.79 bits per heavy atom. The summed E-state index contributed by atoms with van der Waals surface area (Å²) in [6, 6.07) is 15.6. The van der Waals surface area contributed by atoms with Gasteiger partial charge in [-0.1, -0.05) is 53.2 Å². The molecule has 2 aromatic carbocycles. The smallest absolute Gasteiger partial charge is 0.311 e. The summed E-state index contributed by atoms with van der Waals surface area (Å²) in [7, 11) is 0. The Hall–Kier alpha value is -1.61. The van der Waals surface area contributed by atoms with E-state index in [4.69, 9.17) is 4.74 Å². The van der Waals surface area contributed by atoms with Gasteiger partial charge in [0.2, 0.25) is 0 Å². The van der Waals surface area contributed by atoms with Gasteiger partial charge in [-0.2, -0.15) is 0 Å². The van der Waals surface area contributed by atoms with Crippen molar-refractivity contribution < 1.29 is 9.53 Å². The third kappa shape index (κ3) is 3.67. The lowest BCUT2D eigenvalue weighted by Crippen LogP contribution is -2.06. The number of rotatable bonds is 4. The highest BCUT2D eigenvalue weighted by Gasteiger charge is 2.05. The average Bonchev–Trinajstić information content (AvgIpc) is 2.41. The first-order valence-electron chi connectivity index (χ1n) is 6.26. The maximum Gasteiger partial charge on any atom is 0.311 e. The molecule has 0 radical (unpaired) electrons. The van der Waals surface area contributed by atoms with Crippen LogP contribution in [-0.4, -0.2) is 5.97 Å². The summed E-state index contributed by atoms with van der Waals surface area (Å²) in [6.45, 7) is 1.96. The summed E-state index contributed by atoms with van der Waals surface area (Å²) < 4.78 is 6.27. The second-order valence-electron chi connectivity index (χ2n) is 4.23. The van der Waals surface area contributed by atoms with Gasteiger partial charge in [0.05, 0.1) is 0 Å². The quantitative estimate of drug-likeness (QED) is 0.596. The maximum absolute atomic E-state index is 11.4. The lowest BCUT2D eigenvalue weighted by atomic mass is 10.1. The normalized spacial score (nSPS) is 10.2. The van der Waals surface area contributed by atoms with Crippen molar-refractivity contribution in [3.05, 3.63) is 53.0 Å². The monoisotopic (exact) mass is 318 g/mol. The fourth-order valence-corrected chi connectivity index (χ4v) is 2.30. The van der Waals surface area contributed by atoms with E-state index in [-0.39, 0.29) is 5.97 Å². The molecule has 0 aliphatic carbocycles. The molecule has 0 aromatic heterocycles. The van der Waals surface area contributed by atoms with Crippen molar-refractivity contribution in [2.45, 2.75) is 19.8 Å². The molecule has 0 aliphatic rings.